The summed E-state index contributed by atoms with van der Waals surface area (Å²) >= 11 is 0.0285. The van der Waals surface area contributed by atoms with E-state index in [9.17, 15) is 4.79 Å². The monoisotopic (exact) mass is 327 g/mol. The summed E-state index contributed by atoms with van der Waals surface area (Å²) in [5, 5.41) is 0. The van der Waals surface area contributed by atoms with Crippen molar-refractivity contribution in [3.8, 4) is 0 Å². The molecule has 0 atom stereocenters. The third-order valence-corrected chi connectivity index (χ3v) is 4.46. The van der Waals surface area contributed by atoms with Crippen LogP contribution in [0, 0.1) is 0 Å². The summed E-state index contributed by atoms with van der Waals surface area (Å²) in [5.74, 6) is 0.0753. The summed E-state index contributed by atoms with van der Waals surface area (Å²) in [7, 11) is 0. The van der Waals surface area contributed by atoms with Crippen LogP contribution in [0.3, 0.4) is 0 Å². The SMILES string of the molecule is C=C(C)[I-]CCC(=C)C(=O)c1ccccc1. The fourth-order valence-electron chi connectivity index (χ4n) is 1.23. The van der Waals surface area contributed by atoms with E-state index in [4.69, 9.17) is 0 Å². The second kappa shape index (κ2) is 6.63. The molecule has 0 unspecified atom stereocenters. The molecule has 16 heavy (non-hydrogen) atoms. The van der Waals surface area contributed by atoms with Crippen LogP contribution in [-0.4, -0.2) is 10.2 Å². The molecule has 2 heteroatoms. The molecule has 0 amide bonds. The van der Waals surface area contributed by atoms with Crippen LogP contribution in [0.1, 0.15) is 23.7 Å². The molecule has 0 heterocycles. The van der Waals surface area contributed by atoms with Crippen LogP contribution in [-0.2, 0) is 0 Å². The van der Waals surface area contributed by atoms with E-state index in [2.05, 4.69) is 20.1 Å². The Balaban J connectivity index is 2.49. The summed E-state index contributed by atoms with van der Waals surface area (Å²) in [4.78, 5) is 11.9. The van der Waals surface area contributed by atoms with Crippen molar-refractivity contribution in [1.82, 2.24) is 0 Å². The van der Waals surface area contributed by atoms with E-state index in [-0.39, 0.29) is 27.0 Å². The van der Waals surface area contributed by atoms with Gasteiger partial charge in [-0.25, -0.2) is 0 Å². The van der Waals surface area contributed by atoms with Crippen molar-refractivity contribution in [3.05, 3.63) is 58.2 Å². The average molecular weight is 327 g/mol. The Morgan fingerprint density at radius 3 is 2.44 bits per heavy atom. The number of benzene rings is 1. The molecule has 0 spiro atoms. The van der Waals surface area contributed by atoms with Crippen LogP contribution < -0.4 is 21.2 Å². The minimum atomic E-state index is 0.0285. The molecule has 0 aliphatic rings. The molecule has 86 valence electrons. The molecule has 1 aromatic rings. The molecule has 1 rings (SSSR count). The summed E-state index contributed by atoms with van der Waals surface area (Å²) < 4.78 is 2.32. The number of alkyl halides is 1. The molecular formula is C14H16IO-. The Morgan fingerprint density at radius 1 is 1.25 bits per heavy atom. The van der Waals surface area contributed by atoms with Crippen molar-refractivity contribution in [3.63, 3.8) is 0 Å². The van der Waals surface area contributed by atoms with Gasteiger partial charge < -0.3 is 0 Å². The van der Waals surface area contributed by atoms with E-state index in [1.807, 2.05) is 30.3 Å². The predicted octanol–water partition coefficient (Wildman–Crippen LogP) is 0.438. The number of hydrogen-bond donors (Lipinski definition) is 0. The van der Waals surface area contributed by atoms with Gasteiger partial charge in [-0.1, -0.05) is 0 Å². The third-order valence-electron chi connectivity index (χ3n) is 2.08. The first-order chi connectivity index (χ1) is 7.61. The first kappa shape index (κ1) is 13.2. The van der Waals surface area contributed by atoms with Crippen LogP contribution in [0.4, 0.5) is 0 Å². The number of Topliss-reactive ketones (excluding diaryl/α,β-unsaturated/α-hetero) is 1. The van der Waals surface area contributed by atoms with E-state index >= 15 is 0 Å². The quantitative estimate of drug-likeness (QED) is 0.321. The minimum absolute atomic E-state index is 0.0285. The second-order valence-electron chi connectivity index (χ2n) is 3.55. The van der Waals surface area contributed by atoms with Crippen LogP contribution >= 0.6 is 0 Å². The van der Waals surface area contributed by atoms with Gasteiger partial charge in [0.25, 0.3) is 0 Å². The first-order valence-electron chi connectivity index (χ1n) is 5.13. The van der Waals surface area contributed by atoms with Crippen LogP contribution in [0.2, 0.25) is 0 Å². The number of rotatable bonds is 6. The van der Waals surface area contributed by atoms with Gasteiger partial charge in [0.15, 0.2) is 0 Å². The van der Waals surface area contributed by atoms with Crippen molar-refractivity contribution >= 4 is 5.78 Å². The summed E-state index contributed by atoms with van der Waals surface area (Å²) in [6.45, 7) is 9.81. The topological polar surface area (TPSA) is 17.1 Å². The standard InChI is InChI=1S/C14H16IO/c1-11(2)15-10-9-12(3)14(16)13-7-5-4-6-8-13/h4-8H,1,3,9-10H2,2H3/q-1. The Hall–Kier alpha value is -0.900. The molecule has 1 nitrogen and oxygen atoms in total. The molecule has 0 aliphatic heterocycles. The number of ketones is 1. The van der Waals surface area contributed by atoms with E-state index < -0.39 is 0 Å². The van der Waals surface area contributed by atoms with Crippen molar-refractivity contribution < 1.29 is 26.0 Å². The zero-order valence-electron chi connectivity index (χ0n) is 9.50. The van der Waals surface area contributed by atoms with Gasteiger partial charge in [-0.05, 0) is 0 Å². The van der Waals surface area contributed by atoms with Gasteiger partial charge in [-0.2, -0.15) is 0 Å². The molecule has 1 aromatic carbocycles. The number of allylic oxidation sites excluding steroid dienone is 2. The molecule has 0 aromatic heterocycles. The fraction of sp³-hybridized carbons (Fsp3) is 0.214. The van der Waals surface area contributed by atoms with Crippen LogP contribution in [0.15, 0.2) is 52.6 Å². The third kappa shape index (κ3) is 4.31. The van der Waals surface area contributed by atoms with E-state index in [0.717, 1.165) is 16.4 Å². The van der Waals surface area contributed by atoms with Gasteiger partial charge in [0.2, 0.25) is 0 Å². The maximum atomic E-state index is 11.9. The molecule has 0 aliphatic carbocycles. The van der Waals surface area contributed by atoms with Crippen molar-refractivity contribution in [2.45, 2.75) is 13.3 Å². The molecule has 0 radical (unpaired) electrons. The number of hydrogen-bond acceptors (Lipinski definition) is 1. The Bertz CT molecular complexity index is 392. The summed E-state index contributed by atoms with van der Waals surface area (Å²) in [6.07, 6.45) is 0.799. The molecule has 0 N–H and O–H groups in total. The molecule has 0 fully saturated rings. The first-order valence-corrected chi connectivity index (χ1v) is 7.74. The molecule has 0 saturated carbocycles. The fourth-order valence-corrected chi connectivity index (χ4v) is 3.07. The van der Waals surface area contributed by atoms with Gasteiger partial charge >= 0.3 is 108 Å². The molecule has 0 saturated heterocycles. The predicted molar refractivity (Wildman–Crippen MR) is 64.2 cm³/mol. The number of carbonyl (C=O) groups is 1. The zero-order chi connectivity index (χ0) is 12.0. The van der Waals surface area contributed by atoms with E-state index in [1.54, 1.807) is 0 Å². The van der Waals surface area contributed by atoms with Crippen molar-refractivity contribution in [2.75, 3.05) is 4.43 Å². The normalized spacial score (nSPS) is 10.1. The summed E-state index contributed by atoms with van der Waals surface area (Å²) in [5.41, 5.74) is 1.45. The maximum absolute atomic E-state index is 11.9. The number of halogens is 1. The van der Waals surface area contributed by atoms with Gasteiger partial charge in [-0.15, -0.1) is 0 Å². The molecule has 0 bridgehead atoms. The van der Waals surface area contributed by atoms with Gasteiger partial charge in [0.1, 0.15) is 0 Å². The van der Waals surface area contributed by atoms with Gasteiger partial charge in [-0.3, -0.25) is 0 Å². The van der Waals surface area contributed by atoms with Crippen molar-refractivity contribution in [1.29, 1.82) is 0 Å². The van der Waals surface area contributed by atoms with Gasteiger partial charge in [0, 0.05) is 0 Å². The van der Waals surface area contributed by atoms with E-state index in [0.29, 0.717) is 5.57 Å². The summed E-state index contributed by atoms with van der Waals surface area (Å²) in [6, 6.07) is 9.33. The Morgan fingerprint density at radius 2 is 1.88 bits per heavy atom. The second-order valence-corrected chi connectivity index (χ2v) is 7.23. The average Bonchev–Trinajstić information content (AvgIpc) is 2.28. The van der Waals surface area contributed by atoms with Crippen LogP contribution in [0.5, 0.6) is 0 Å². The number of carbonyl (C=O) groups excluding carboxylic acids is 1. The molecular weight excluding hydrogens is 311 g/mol. The van der Waals surface area contributed by atoms with Gasteiger partial charge in [0.05, 0.1) is 0 Å². The zero-order valence-corrected chi connectivity index (χ0v) is 11.7. The van der Waals surface area contributed by atoms with E-state index in [1.165, 1.54) is 3.58 Å². The Kier molecular flexibility index (Phi) is 5.46. The Labute approximate surface area is 108 Å². The van der Waals surface area contributed by atoms with Crippen molar-refractivity contribution in [2.24, 2.45) is 0 Å². The van der Waals surface area contributed by atoms with Crippen LogP contribution in [0.25, 0.3) is 0 Å².